The van der Waals surface area contributed by atoms with Gasteiger partial charge in [0.15, 0.2) is 11.4 Å². The lowest BCUT2D eigenvalue weighted by Gasteiger charge is -2.58. The number of anilines is 1. The van der Waals surface area contributed by atoms with E-state index in [1.165, 1.54) is 36.3 Å². The monoisotopic (exact) mass is 521 g/mol. The highest BCUT2D eigenvalue weighted by atomic mass is 16.6. The summed E-state index contributed by atoms with van der Waals surface area (Å²) in [6, 6.07) is 8.68. The highest BCUT2D eigenvalue weighted by molar-refractivity contribution is 5.93. The highest BCUT2D eigenvalue weighted by Crippen LogP contribution is 2.63. The molecule has 0 unspecified atom stereocenters. The average molecular weight is 522 g/mol. The number of carbonyl (C=O) groups is 3. The summed E-state index contributed by atoms with van der Waals surface area (Å²) in [5, 5.41) is 0. The van der Waals surface area contributed by atoms with E-state index in [9.17, 15) is 14.4 Å². The van der Waals surface area contributed by atoms with E-state index in [-0.39, 0.29) is 35.9 Å². The number of hydrogen-bond donors (Lipinski definition) is 0. The molecule has 0 aromatic heterocycles. The summed E-state index contributed by atoms with van der Waals surface area (Å²) < 4.78 is 11.3. The van der Waals surface area contributed by atoms with Crippen molar-refractivity contribution in [1.29, 1.82) is 0 Å². The average Bonchev–Trinajstić information content (AvgIpc) is 2.87. The third-order valence-electron chi connectivity index (χ3n) is 9.62. The van der Waals surface area contributed by atoms with Gasteiger partial charge < -0.3 is 14.4 Å². The zero-order valence-electron chi connectivity index (χ0n) is 24.1. The van der Waals surface area contributed by atoms with E-state index in [4.69, 9.17) is 9.47 Å². The molecule has 6 nitrogen and oxygen atoms in total. The van der Waals surface area contributed by atoms with Crippen LogP contribution in [0.5, 0.6) is 0 Å². The summed E-state index contributed by atoms with van der Waals surface area (Å²) >= 11 is 0. The standard InChI is InChI=1S/C32H43NO5/c1-8-28-26-15-11-22-17-24(35)14-16-25(22)30(26)27(21-9-12-23(13-10-21)33(5)6)18-31(28,3)32(4,38-20(2)34)29(36)19-37-7/h9-10,12-13,17,26-28H,8,11,14-16,18-19H2,1-7H3/t26-,27+,28-,31-,32-/m0/s1. The molecule has 0 heterocycles. The molecule has 0 spiro atoms. The molecule has 1 saturated carbocycles. The second-order valence-electron chi connectivity index (χ2n) is 11.9. The van der Waals surface area contributed by atoms with Gasteiger partial charge in [-0.25, -0.2) is 0 Å². The van der Waals surface area contributed by atoms with Crippen LogP contribution in [-0.4, -0.2) is 50.9 Å². The fourth-order valence-corrected chi connectivity index (χ4v) is 7.66. The van der Waals surface area contributed by atoms with Gasteiger partial charge in [-0.3, -0.25) is 14.4 Å². The maximum absolute atomic E-state index is 13.7. The number of ketones is 2. The smallest absolute Gasteiger partial charge is 0.303 e. The zero-order valence-corrected chi connectivity index (χ0v) is 24.1. The Morgan fingerprint density at radius 1 is 1.13 bits per heavy atom. The van der Waals surface area contributed by atoms with Crippen molar-refractivity contribution in [2.24, 2.45) is 17.3 Å². The van der Waals surface area contributed by atoms with Crippen molar-refractivity contribution >= 4 is 23.2 Å². The first-order valence-electron chi connectivity index (χ1n) is 13.9. The van der Waals surface area contributed by atoms with Gasteiger partial charge in [-0.1, -0.05) is 38.0 Å². The minimum Gasteiger partial charge on any atom is -0.451 e. The van der Waals surface area contributed by atoms with Gasteiger partial charge in [-0.05, 0) is 79.4 Å². The van der Waals surface area contributed by atoms with Gasteiger partial charge in [0, 0.05) is 51.6 Å². The first-order chi connectivity index (χ1) is 18.0. The van der Waals surface area contributed by atoms with Gasteiger partial charge in [-0.2, -0.15) is 0 Å². The molecule has 1 aromatic rings. The predicted octanol–water partition coefficient (Wildman–Crippen LogP) is 5.81. The van der Waals surface area contributed by atoms with E-state index in [0.717, 1.165) is 31.4 Å². The molecule has 0 amide bonds. The number of carbonyl (C=O) groups excluding carboxylic acids is 3. The Balaban J connectivity index is 1.94. The topological polar surface area (TPSA) is 72.9 Å². The number of allylic oxidation sites excluding steroid dienone is 4. The first kappa shape index (κ1) is 28.3. The van der Waals surface area contributed by atoms with Gasteiger partial charge >= 0.3 is 5.97 Å². The van der Waals surface area contributed by atoms with E-state index < -0.39 is 17.0 Å². The van der Waals surface area contributed by atoms with E-state index in [2.05, 4.69) is 43.0 Å². The van der Waals surface area contributed by atoms with Crippen LogP contribution in [0.2, 0.25) is 0 Å². The minimum absolute atomic E-state index is 0.0566. The number of Topliss-reactive ketones (excluding diaryl/α,β-unsaturated/α-hetero) is 1. The van der Waals surface area contributed by atoms with Crippen molar-refractivity contribution in [2.45, 2.75) is 77.7 Å². The molecule has 3 aliphatic rings. The molecule has 4 rings (SSSR count). The summed E-state index contributed by atoms with van der Waals surface area (Å²) in [5.74, 6) is -0.0112. The maximum Gasteiger partial charge on any atom is 0.303 e. The molecule has 38 heavy (non-hydrogen) atoms. The lowest BCUT2D eigenvalue weighted by Crippen LogP contribution is -2.61. The highest BCUT2D eigenvalue weighted by Gasteiger charge is 2.61. The Hall–Kier alpha value is -2.73. The molecule has 1 fully saturated rings. The van der Waals surface area contributed by atoms with Crippen LogP contribution in [0.25, 0.3) is 0 Å². The fraction of sp³-hybridized carbons (Fsp3) is 0.594. The van der Waals surface area contributed by atoms with Crippen molar-refractivity contribution < 1.29 is 23.9 Å². The Morgan fingerprint density at radius 3 is 2.39 bits per heavy atom. The molecule has 5 atom stereocenters. The summed E-state index contributed by atoms with van der Waals surface area (Å²) in [4.78, 5) is 40.5. The van der Waals surface area contributed by atoms with Crippen LogP contribution in [0.15, 0.2) is 47.1 Å². The molecule has 3 aliphatic carbocycles. The van der Waals surface area contributed by atoms with Crippen molar-refractivity contribution in [2.75, 3.05) is 32.7 Å². The van der Waals surface area contributed by atoms with Gasteiger partial charge in [0.2, 0.25) is 5.78 Å². The summed E-state index contributed by atoms with van der Waals surface area (Å²) in [7, 11) is 5.56. The fourth-order valence-electron chi connectivity index (χ4n) is 7.66. The van der Waals surface area contributed by atoms with E-state index in [1.54, 1.807) is 6.92 Å². The zero-order chi connectivity index (χ0) is 27.8. The summed E-state index contributed by atoms with van der Waals surface area (Å²) in [6.07, 6.45) is 6.51. The summed E-state index contributed by atoms with van der Waals surface area (Å²) in [5.41, 5.74) is 4.35. The molecule has 0 N–H and O–H groups in total. The van der Waals surface area contributed by atoms with E-state index in [1.807, 2.05) is 20.2 Å². The second kappa shape index (κ2) is 10.8. The normalized spacial score (nSPS) is 28.6. The van der Waals surface area contributed by atoms with Gasteiger partial charge in [0.05, 0.1) is 0 Å². The Kier molecular flexibility index (Phi) is 8.04. The quantitative estimate of drug-likeness (QED) is 0.402. The number of rotatable bonds is 8. The number of fused-ring (bicyclic) bond motifs is 2. The van der Waals surface area contributed by atoms with Crippen LogP contribution in [0, 0.1) is 17.3 Å². The molecule has 6 heteroatoms. The van der Waals surface area contributed by atoms with Crippen molar-refractivity contribution in [3.63, 3.8) is 0 Å². The largest absolute Gasteiger partial charge is 0.451 e. The van der Waals surface area contributed by atoms with Crippen LogP contribution >= 0.6 is 0 Å². The molecule has 206 valence electrons. The third-order valence-corrected chi connectivity index (χ3v) is 9.62. The van der Waals surface area contributed by atoms with Crippen LogP contribution in [-0.2, 0) is 23.9 Å². The summed E-state index contributed by atoms with van der Waals surface area (Å²) in [6.45, 7) is 7.41. The van der Waals surface area contributed by atoms with Crippen LogP contribution < -0.4 is 4.90 Å². The number of ether oxygens (including phenoxy) is 2. The maximum atomic E-state index is 13.7. The van der Waals surface area contributed by atoms with Crippen molar-refractivity contribution in [1.82, 2.24) is 0 Å². The number of benzene rings is 1. The Bertz CT molecular complexity index is 1160. The minimum atomic E-state index is -1.33. The number of hydrogen-bond acceptors (Lipinski definition) is 6. The SMILES string of the molecule is CC[C@H]1[C@@H]2CCC3=CC(=O)CCC3=C2[C@@H](c2ccc(N(C)C)cc2)C[C@]1(C)[C@@](C)(OC(C)=O)C(=O)COC. The lowest BCUT2D eigenvalue weighted by atomic mass is 9.47. The van der Waals surface area contributed by atoms with Crippen molar-refractivity contribution in [3.8, 4) is 0 Å². The Morgan fingerprint density at radius 2 is 1.82 bits per heavy atom. The van der Waals surface area contributed by atoms with Crippen LogP contribution in [0.1, 0.15) is 77.7 Å². The Labute approximate surface area is 227 Å². The van der Waals surface area contributed by atoms with E-state index >= 15 is 0 Å². The predicted molar refractivity (Wildman–Crippen MR) is 149 cm³/mol. The van der Waals surface area contributed by atoms with Gasteiger partial charge in [0.1, 0.15) is 6.61 Å². The lowest BCUT2D eigenvalue weighted by molar-refractivity contribution is -0.192. The van der Waals surface area contributed by atoms with Crippen LogP contribution in [0.3, 0.4) is 0 Å². The van der Waals surface area contributed by atoms with Crippen LogP contribution in [0.4, 0.5) is 5.69 Å². The molecule has 0 aliphatic heterocycles. The third kappa shape index (κ3) is 4.76. The number of nitrogens with zero attached hydrogens (tertiary/aromatic N) is 1. The molecule has 0 bridgehead atoms. The van der Waals surface area contributed by atoms with Gasteiger partial charge in [-0.15, -0.1) is 0 Å². The number of esters is 1. The second-order valence-corrected chi connectivity index (χ2v) is 11.9. The number of methoxy groups -OCH3 is 1. The molecule has 0 saturated heterocycles. The molecule has 1 aromatic carbocycles. The molecular weight excluding hydrogens is 478 g/mol. The van der Waals surface area contributed by atoms with Crippen molar-refractivity contribution in [3.05, 3.63) is 52.6 Å². The molecular formula is C32H43NO5. The van der Waals surface area contributed by atoms with E-state index in [0.29, 0.717) is 12.8 Å². The molecule has 0 radical (unpaired) electrons. The first-order valence-corrected chi connectivity index (χ1v) is 13.9. The van der Waals surface area contributed by atoms with Gasteiger partial charge in [0.25, 0.3) is 0 Å².